The lowest BCUT2D eigenvalue weighted by Crippen LogP contribution is -2.25. The minimum absolute atomic E-state index is 0.122. The van der Waals surface area contributed by atoms with Crippen LogP contribution in [0.5, 0.6) is 5.75 Å². The topological polar surface area (TPSA) is 79.0 Å². The molecule has 0 aliphatic carbocycles. The van der Waals surface area contributed by atoms with E-state index in [9.17, 15) is 18.0 Å². The summed E-state index contributed by atoms with van der Waals surface area (Å²) in [6.07, 6.45) is -3.62. The van der Waals surface area contributed by atoms with E-state index < -0.39 is 12.8 Å². The third kappa shape index (κ3) is 4.11. The van der Waals surface area contributed by atoms with E-state index in [1.807, 2.05) is 0 Å². The Balaban J connectivity index is 1.70. The standard InChI is InChI=1S/C16H17F3N4O2/c1-9-6-10(2-3-13(9)25-8-16(17,18)19)21-15(24)14-11-7-20-5-4-12(11)22-23-14/h2-3,6,20H,4-5,7-8H2,1H3,(H,21,24)(H,22,23). The maximum atomic E-state index is 12.4. The van der Waals surface area contributed by atoms with Crippen LogP contribution in [0.15, 0.2) is 18.2 Å². The van der Waals surface area contributed by atoms with Gasteiger partial charge >= 0.3 is 6.18 Å². The van der Waals surface area contributed by atoms with Crippen LogP contribution in [0, 0.1) is 6.92 Å². The molecule has 1 aromatic heterocycles. The van der Waals surface area contributed by atoms with E-state index in [-0.39, 0.29) is 11.7 Å². The molecule has 6 nitrogen and oxygen atoms in total. The van der Waals surface area contributed by atoms with E-state index in [1.165, 1.54) is 12.1 Å². The van der Waals surface area contributed by atoms with E-state index in [4.69, 9.17) is 4.74 Å². The van der Waals surface area contributed by atoms with Crippen LogP contribution in [0.1, 0.15) is 27.3 Å². The number of carbonyl (C=O) groups is 1. The zero-order valence-corrected chi connectivity index (χ0v) is 13.5. The number of amides is 1. The molecule has 1 aliphatic rings. The van der Waals surface area contributed by atoms with Gasteiger partial charge in [-0.1, -0.05) is 0 Å². The number of aromatic amines is 1. The van der Waals surface area contributed by atoms with Gasteiger partial charge in [-0.25, -0.2) is 0 Å². The minimum atomic E-state index is -4.40. The van der Waals surface area contributed by atoms with Gasteiger partial charge in [0.05, 0.1) is 0 Å². The predicted molar refractivity (Wildman–Crippen MR) is 84.7 cm³/mol. The summed E-state index contributed by atoms with van der Waals surface area (Å²) in [6, 6.07) is 4.45. The number of nitrogens with zero attached hydrogens (tertiary/aromatic N) is 1. The fourth-order valence-electron chi connectivity index (χ4n) is 2.65. The second-order valence-corrected chi connectivity index (χ2v) is 5.79. The Hall–Kier alpha value is -2.55. The first-order valence-electron chi connectivity index (χ1n) is 7.72. The van der Waals surface area contributed by atoms with Gasteiger partial charge in [0.15, 0.2) is 12.3 Å². The van der Waals surface area contributed by atoms with E-state index in [2.05, 4.69) is 20.8 Å². The summed E-state index contributed by atoms with van der Waals surface area (Å²) in [4.78, 5) is 12.4. The van der Waals surface area contributed by atoms with E-state index in [0.29, 0.717) is 23.5 Å². The zero-order valence-electron chi connectivity index (χ0n) is 13.5. The van der Waals surface area contributed by atoms with Crippen LogP contribution in [-0.4, -0.2) is 35.4 Å². The van der Waals surface area contributed by atoms with Gasteiger partial charge in [-0.15, -0.1) is 0 Å². The van der Waals surface area contributed by atoms with E-state index in [1.54, 1.807) is 13.0 Å². The highest BCUT2D eigenvalue weighted by Gasteiger charge is 2.28. The minimum Gasteiger partial charge on any atom is -0.484 e. The van der Waals surface area contributed by atoms with E-state index in [0.717, 1.165) is 24.2 Å². The van der Waals surface area contributed by atoms with Gasteiger partial charge in [-0.05, 0) is 30.7 Å². The van der Waals surface area contributed by atoms with Crippen LogP contribution < -0.4 is 15.4 Å². The van der Waals surface area contributed by atoms with Gasteiger partial charge in [0.1, 0.15) is 5.75 Å². The maximum absolute atomic E-state index is 12.4. The number of ether oxygens (including phenoxy) is 1. The van der Waals surface area contributed by atoms with Crippen molar-refractivity contribution in [1.29, 1.82) is 0 Å². The molecule has 1 aromatic carbocycles. The fraction of sp³-hybridized carbons (Fsp3) is 0.375. The number of benzene rings is 1. The molecule has 1 amide bonds. The Labute approximate surface area is 141 Å². The van der Waals surface area contributed by atoms with Crippen molar-refractivity contribution >= 4 is 11.6 Å². The van der Waals surface area contributed by atoms with Crippen molar-refractivity contribution in [2.75, 3.05) is 18.5 Å². The lowest BCUT2D eigenvalue weighted by molar-refractivity contribution is -0.153. The number of H-pyrrole nitrogens is 1. The summed E-state index contributed by atoms with van der Waals surface area (Å²) in [6.45, 7) is 1.65. The molecule has 0 saturated heterocycles. The number of alkyl halides is 3. The van der Waals surface area contributed by atoms with Crippen LogP contribution in [0.3, 0.4) is 0 Å². The van der Waals surface area contributed by atoms with Crippen molar-refractivity contribution in [1.82, 2.24) is 15.5 Å². The summed E-state index contributed by atoms with van der Waals surface area (Å²) in [5.41, 5.74) is 3.05. The van der Waals surface area contributed by atoms with Gasteiger partial charge in [-0.3, -0.25) is 9.89 Å². The van der Waals surface area contributed by atoms with Crippen molar-refractivity contribution < 1.29 is 22.7 Å². The molecule has 0 fully saturated rings. The van der Waals surface area contributed by atoms with Crippen LogP contribution in [-0.2, 0) is 13.0 Å². The van der Waals surface area contributed by atoms with Gasteiger partial charge in [0.2, 0.25) is 0 Å². The summed E-state index contributed by atoms with van der Waals surface area (Å²) in [7, 11) is 0. The second-order valence-electron chi connectivity index (χ2n) is 5.79. The number of hydrogen-bond acceptors (Lipinski definition) is 4. The van der Waals surface area contributed by atoms with Gasteiger partial charge in [0.25, 0.3) is 5.91 Å². The average Bonchev–Trinajstić information content (AvgIpc) is 2.97. The molecule has 2 heterocycles. The van der Waals surface area contributed by atoms with Crippen LogP contribution in [0.25, 0.3) is 0 Å². The van der Waals surface area contributed by atoms with Crippen LogP contribution >= 0.6 is 0 Å². The van der Waals surface area contributed by atoms with Gasteiger partial charge < -0.3 is 15.4 Å². The molecular weight excluding hydrogens is 337 g/mol. The van der Waals surface area contributed by atoms with Crippen molar-refractivity contribution in [3.8, 4) is 5.75 Å². The highest BCUT2D eigenvalue weighted by molar-refractivity contribution is 6.04. The number of aryl methyl sites for hydroxylation is 1. The number of rotatable bonds is 4. The highest BCUT2D eigenvalue weighted by Crippen LogP contribution is 2.25. The molecule has 0 atom stereocenters. The molecule has 0 radical (unpaired) electrons. The summed E-state index contributed by atoms with van der Waals surface area (Å²) in [5, 5.41) is 12.8. The third-order valence-electron chi connectivity index (χ3n) is 3.85. The molecular formula is C16H17F3N4O2. The molecule has 0 bridgehead atoms. The Morgan fingerprint density at radius 3 is 2.92 bits per heavy atom. The van der Waals surface area contributed by atoms with E-state index >= 15 is 0 Å². The molecule has 0 unspecified atom stereocenters. The number of fused-ring (bicyclic) bond motifs is 1. The number of nitrogens with one attached hydrogen (secondary N) is 3. The van der Waals surface area contributed by atoms with Crippen LogP contribution in [0.4, 0.5) is 18.9 Å². The van der Waals surface area contributed by atoms with Gasteiger partial charge in [-0.2, -0.15) is 18.3 Å². The number of carbonyl (C=O) groups excluding carboxylic acids is 1. The summed E-state index contributed by atoms with van der Waals surface area (Å²) in [5.74, 6) is -0.249. The number of hydrogen-bond donors (Lipinski definition) is 3. The summed E-state index contributed by atoms with van der Waals surface area (Å²) >= 11 is 0. The molecule has 0 spiro atoms. The molecule has 9 heteroatoms. The molecule has 2 aromatic rings. The zero-order chi connectivity index (χ0) is 18.0. The second kappa shape index (κ2) is 6.75. The Kier molecular flexibility index (Phi) is 4.67. The summed E-state index contributed by atoms with van der Waals surface area (Å²) < 4.78 is 41.4. The molecule has 3 N–H and O–H groups in total. The molecule has 0 saturated carbocycles. The number of halogens is 3. The monoisotopic (exact) mass is 354 g/mol. The molecule has 1 aliphatic heterocycles. The number of aromatic nitrogens is 2. The highest BCUT2D eigenvalue weighted by atomic mass is 19.4. The Bertz CT molecular complexity index is 786. The lowest BCUT2D eigenvalue weighted by atomic mass is 10.1. The predicted octanol–water partition coefficient (Wildman–Crippen LogP) is 2.56. The van der Waals surface area contributed by atoms with Crippen LogP contribution in [0.2, 0.25) is 0 Å². The maximum Gasteiger partial charge on any atom is 0.422 e. The average molecular weight is 354 g/mol. The normalized spacial score (nSPS) is 14.1. The smallest absolute Gasteiger partial charge is 0.422 e. The first-order valence-corrected chi connectivity index (χ1v) is 7.72. The number of anilines is 1. The SMILES string of the molecule is Cc1cc(NC(=O)c2n[nH]c3c2CNCC3)ccc1OCC(F)(F)F. The van der Waals surface area contributed by atoms with Crippen molar-refractivity contribution in [2.24, 2.45) is 0 Å². The largest absolute Gasteiger partial charge is 0.484 e. The third-order valence-corrected chi connectivity index (χ3v) is 3.85. The van der Waals surface area contributed by atoms with Crippen molar-refractivity contribution in [3.05, 3.63) is 40.7 Å². The first kappa shape index (κ1) is 17.3. The Morgan fingerprint density at radius 1 is 1.40 bits per heavy atom. The van der Waals surface area contributed by atoms with Crippen molar-refractivity contribution in [3.63, 3.8) is 0 Å². The molecule has 134 valence electrons. The molecule has 3 rings (SSSR count). The van der Waals surface area contributed by atoms with Gasteiger partial charge in [0, 0.05) is 36.5 Å². The first-order chi connectivity index (χ1) is 11.8. The fourth-order valence-corrected chi connectivity index (χ4v) is 2.65. The molecule has 25 heavy (non-hydrogen) atoms. The van der Waals surface area contributed by atoms with Crippen molar-refractivity contribution in [2.45, 2.75) is 26.1 Å². The Morgan fingerprint density at radius 2 is 2.20 bits per heavy atom. The quantitative estimate of drug-likeness (QED) is 0.788. The lowest BCUT2D eigenvalue weighted by Gasteiger charge is -2.14.